The molecule has 6 nitrogen and oxygen atoms in total. The van der Waals surface area contributed by atoms with Gasteiger partial charge in [0.05, 0.1) is 0 Å². The second kappa shape index (κ2) is 14.0. The van der Waals surface area contributed by atoms with Crippen LogP contribution in [0.1, 0.15) is 11.1 Å². The Bertz CT molecular complexity index is 1250. The monoisotopic (exact) mass is 593 g/mol. The normalized spacial score (nSPS) is 10.6. The summed E-state index contributed by atoms with van der Waals surface area (Å²) in [6.07, 6.45) is 5.99. The van der Waals surface area contributed by atoms with Gasteiger partial charge in [-0.15, -0.1) is 0 Å². The molecule has 0 bridgehead atoms. The third-order valence-electron chi connectivity index (χ3n) is 4.11. The summed E-state index contributed by atoms with van der Waals surface area (Å²) in [5.41, 5.74) is 1.84. The molecule has 11 heteroatoms. The molecule has 4 aromatic rings. The van der Waals surface area contributed by atoms with E-state index in [0.717, 1.165) is 0 Å². The van der Waals surface area contributed by atoms with Crippen LogP contribution in [0.5, 0.6) is 11.5 Å². The number of hydrogen-bond acceptors (Lipinski definition) is 6. The van der Waals surface area contributed by atoms with Crippen LogP contribution in [0.4, 0.5) is 11.4 Å². The quantitative estimate of drug-likeness (QED) is 0.154. The summed E-state index contributed by atoms with van der Waals surface area (Å²) in [6.45, 7) is 0. The van der Waals surface area contributed by atoms with E-state index in [4.69, 9.17) is 46.4 Å². The van der Waals surface area contributed by atoms with Gasteiger partial charge in [0.15, 0.2) is 10.3 Å². The van der Waals surface area contributed by atoms with Gasteiger partial charge in [-0.25, -0.2) is 9.97 Å². The minimum absolute atomic E-state index is 0. The number of rotatable bonds is 4. The third-order valence-corrected chi connectivity index (χ3v) is 5.16. The first-order chi connectivity index (χ1) is 16.3. The molecule has 1 radical (unpaired) electrons. The SMILES string of the molecule is [Cu+2].[O-]c1ccc(Cl)cc1C=Nc1cccnc1Cl.[O-]c1ccc(Cl)cc1C=Nc1cccnc1Cl. The smallest absolute Gasteiger partial charge is 0.872 e. The van der Waals surface area contributed by atoms with E-state index in [1.54, 1.807) is 48.8 Å². The first-order valence-electron chi connectivity index (χ1n) is 9.56. The van der Waals surface area contributed by atoms with Gasteiger partial charge in [0.1, 0.15) is 11.4 Å². The second-order valence-electron chi connectivity index (χ2n) is 6.51. The molecule has 4 rings (SSSR count). The summed E-state index contributed by atoms with van der Waals surface area (Å²) in [7, 11) is 0. The van der Waals surface area contributed by atoms with Gasteiger partial charge in [-0.05, 0) is 59.7 Å². The number of aromatic nitrogens is 2. The van der Waals surface area contributed by atoms with Crippen molar-refractivity contribution >= 4 is 70.2 Å². The summed E-state index contributed by atoms with van der Waals surface area (Å²) in [5, 5.41) is 24.5. The van der Waals surface area contributed by atoms with Crippen LogP contribution >= 0.6 is 46.4 Å². The van der Waals surface area contributed by atoms with E-state index >= 15 is 0 Å². The minimum atomic E-state index is -0.141. The van der Waals surface area contributed by atoms with Crippen LogP contribution in [-0.4, -0.2) is 22.4 Å². The molecule has 35 heavy (non-hydrogen) atoms. The van der Waals surface area contributed by atoms with E-state index in [0.29, 0.717) is 42.9 Å². The standard InChI is InChI=1S/2C12H8Cl2N2O.Cu/c2*13-9-3-4-11(17)8(6-9)7-16-10-2-1-5-15-12(10)14;/h2*1-7,17H;/q;;+2/p-2. The molecule has 2 aromatic heterocycles. The molecule has 0 saturated carbocycles. The van der Waals surface area contributed by atoms with Gasteiger partial charge in [-0.2, -0.15) is 0 Å². The Morgan fingerprint density at radius 3 is 1.40 bits per heavy atom. The molecule has 0 saturated heterocycles. The van der Waals surface area contributed by atoms with E-state index in [2.05, 4.69) is 20.0 Å². The number of nitrogens with zero attached hydrogens (tertiary/aromatic N) is 4. The molecule has 2 heterocycles. The topological polar surface area (TPSA) is 96.6 Å². The second-order valence-corrected chi connectivity index (χ2v) is 8.10. The molecule has 0 aliphatic carbocycles. The maximum atomic E-state index is 11.5. The molecule has 0 atom stereocenters. The number of pyridine rings is 2. The Morgan fingerprint density at radius 2 is 1.03 bits per heavy atom. The van der Waals surface area contributed by atoms with E-state index in [1.165, 1.54) is 36.7 Å². The Kier molecular flexibility index (Phi) is 11.5. The Morgan fingerprint density at radius 1 is 0.629 bits per heavy atom. The molecule has 0 unspecified atom stereocenters. The molecule has 0 fully saturated rings. The van der Waals surface area contributed by atoms with Gasteiger partial charge in [0.25, 0.3) is 0 Å². The zero-order chi connectivity index (χ0) is 24.5. The maximum absolute atomic E-state index is 11.5. The van der Waals surface area contributed by atoms with Gasteiger partial charge < -0.3 is 10.2 Å². The molecular formula is C24H14Cl4CuN4O2. The average Bonchev–Trinajstić information content (AvgIpc) is 2.82. The predicted octanol–water partition coefficient (Wildman–Crippen LogP) is 6.42. The summed E-state index contributed by atoms with van der Waals surface area (Å²) < 4.78 is 0. The summed E-state index contributed by atoms with van der Waals surface area (Å²) >= 11 is 23.2. The van der Waals surface area contributed by atoms with Crippen molar-refractivity contribution in [1.29, 1.82) is 0 Å². The first kappa shape index (κ1) is 28.6. The third kappa shape index (κ3) is 8.82. The Hall–Kier alpha value is -2.64. The molecule has 181 valence electrons. The van der Waals surface area contributed by atoms with Crippen molar-refractivity contribution in [3.8, 4) is 11.5 Å². The van der Waals surface area contributed by atoms with Crippen molar-refractivity contribution in [3.05, 3.63) is 105 Å². The maximum Gasteiger partial charge on any atom is 2.00 e. The van der Waals surface area contributed by atoms with Crippen molar-refractivity contribution in [1.82, 2.24) is 9.97 Å². The van der Waals surface area contributed by atoms with Crippen LogP contribution < -0.4 is 10.2 Å². The van der Waals surface area contributed by atoms with Crippen LogP contribution in [0.3, 0.4) is 0 Å². The van der Waals surface area contributed by atoms with Gasteiger partial charge in [0, 0.05) is 34.9 Å². The van der Waals surface area contributed by atoms with Crippen molar-refractivity contribution in [2.45, 2.75) is 0 Å². The fourth-order valence-corrected chi connectivity index (χ4v) is 3.16. The largest absolute Gasteiger partial charge is 2.00 e. The zero-order valence-electron chi connectivity index (χ0n) is 17.5. The molecular weight excluding hydrogens is 582 g/mol. The fourth-order valence-electron chi connectivity index (χ4n) is 2.47. The van der Waals surface area contributed by atoms with Crippen molar-refractivity contribution < 1.29 is 27.3 Å². The Balaban J connectivity index is 0.000000240. The van der Waals surface area contributed by atoms with E-state index in [-0.39, 0.29) is 28.6 Å². The summed E-state index contributed by atoms with van der Waals surface area (Å²) in [5.74, 6) is -0.281. The summed E-state index contributed by atoms with van der Waals surface area (Å²) in [6, 6.07) is 15.8. The van der Waals surface area contributed by atoms with Gasteiger partial charge in [-0.1, -0.05) is 70.0 Å². The van der Waals surface area contributed by atoms with E-state index in [1.807, 2.05) is 0 Å². The van der Waals surface area contributed by atoms with Gasteiger partial charge in [-0.3, -0.25) is 9.98 Å². The van der Waals surface area contributed by atoms with Crippen molar-refractivity contribution in [2.75, 3.05) is 0 Å². The zero-order valence-corrected chi connectivity index (χ0v) is 21.5. The van der Waals surface area contributed by atoms with Crippen molar-refractivity contribution in [3.63, 3.8) is 0 Å². The number of halogens is 4. The van der Waals surface area contributed by atoms with Crippen LogP contribution in [0.15, 0.2) is 83.0 Å². The molecule has 0 spiro atoms. The number of benzene rings is 2. The van der Waals surface area contributed by atoms with Crippen molar-refractivity contribution in [2.24, 2.45) is 9.98 Å². The van der Waals surface area contributed by atoms with Crippen LogP contribution in [0, 0.1) is 0 Å². The minimum Gasteiger partial charge on any atom is -0.872 e. The molecule has 0 aliphatic heterocycles. The fraction of sp³-hybridized carbons (Fsp3) is 0. The van der Waals surface area contributed by atoms with Crippen LogP contribution in [0.2, 0.25) is 20.4 Å². The molecule has 0 amide bonds. The molecule has 0 aliphatic rings. The Labute approximate surface area is 232 Å². The van der Waals surface area contributed by atoms with Crippen LogP contribution in [-0.2, 0) is 17.1 Å². The number of hydrogen-bond donors (Lipinski definition) is 0. The van der Waals surface area contributed by atoms with E-state index in [9.17, 15) is 10.2 Å². The summed E-state index contributed by atoms with van der Waals surface area (Å²) in [4.78, 5) is 16.0. The van der Waals surface area contributed by atoms with Crippen LogP contribution in [0.25, 0.3) is 0 Å². The molecule has 2 aromatic carbocycles. The first-order valence-corrected chi connectivity index (χ1v) is 11.1. The van der Waals surface area contributed by atoms with Gasteiger partial charge >= 0.3 is 17.1 Å². The number of aliphatic imine (C=N–C) groups is 2. The van der Waals surface area contributed by atoms with Gasteiger partial charge in [0.2, 0.25) is 0 Å². The predicted molar refractivity (Wildman–Crippen MR) is 135 cm³/mol. The average molecular weight is 596 g/mol. The van der Waals surface area contributed by atoms with E-state index < -0.39 is 0 Å². The molecule has 0 N–H and O–H groups in total.